The smallest absolute Gasteiger partial charge is 0.270 e. The Kier molecular flexibility index (Phi) is 4.63. The molecule has 1 N–H and O–H groups in total. The summed E-state index contributed by atoms with van der Waals surface area (Å²) < 4.78 is 0. The number of nitriles is 1. The van der Waals surface area contributed by atoms with Gasteiger partial charge < -0.3 is 10.2 Å². The van der Waals surface area contributed by atoms with E-state index in [9.17, 15) is 10.1 Å². The molecule has 1 amide bonds. The maximum absolute atomic E-state index is 12.8. The quantitative estimate of drug-likeness (QED) is 0.686. The molecule has 0 bridgehead atoms. The lowest BCUT2D eigenvalue weighted by Crippen LogP contribution is -2.36. The largest absolute Gasteiger partial charge is 0.337 e. The van der Waals surface area contributed by atoms with Crippen molar-refractivity contribution in [3.8, 4) is 6.07 Å². The van der Waals surface area contributed by atoms with Gasteiger partial charge in [-0.3, -0.25) is 4.79 Å². The van der Waals surface area contributed by atoms with Crippen LogP contribution in [0.2, 0.25) is 0 Å². The third kappa shape index (κ3) is 3.17. The number of thiazole rings is 1. The zero-order chi connectivity index (χ0) is 17.1. The maximum Gasteiger partial charge on any atom is 0.270 e. The lowest BCUT2D eigenvalue weighted by Gasteiger charge is -2.29. The molecule has 0 radical (unpaired) electrons. The summed E-state index contributed by atoms with van der Waals surface area (Å²) in [6.07, 6.45) is 3.32. The predicted octanol–water partition coefficient (Wildman–Crippen LogP) is 3.56. The average Bonchev–Trinajstić information content (AvgIpc) is 2.92. The van der Waals surface area contributed by atoms with Crippen molar-refractivity contribution in [2.75, 3.05) is 16.8 Å². The highest BCUT2D eigenvalue weighted by Crippen LogP contribution is 2.28. The summed E-state index contributed by atoms with van der Waals surface area (Å²) in [4.78, 5) is 19.9. The molecule has 0 unspecified atom stereocenters. The summed E-state index contributed by atoms with van der Waals surface area (Å²) in [5.74, 6) is -0.276. The number of hydrogen-bond acceptors (Lipinski definition) is 5. The van der Waals surface area contributed by atoms with E-state index in [0.717, 1.165) is 34.7 Å². The zero-order valence-corrected chi connectivity index (χ0v) is 14.5. The van der Waals surface area contributed by atoms with Crippen molar-refractivity contribution < 1.29 is 4.79 Å². The van der Waals surface area contributed by atoms with Gasteiger partial charge in [-0.15, -0.1) is 11.3 Å². The number of benzene rings is 1. The molecule has 0 saturated heterocycles. The summed E-state index contributed by atoms with van der Waals surface area (Å²) in [6.45, 7) is 4.55. The normalized spacial score (nSPS) is 14.0. The van der Waals surface area contributed by atoms with Crippen LogP contribution in [0, 0.1) is 25.2 Å². The molecule has 1 aliphatic heterocycles. The van der Waals surface area contributed by atoms with Gasteiger partial charge in [0.15, 0.2) is 5.13 Å². The van der Waals surface area contributed by atoms with Gasteiger partial charge >= 0.3 is 0 Å². The Morgan fingerprint density at radius 1 is 1.42 bits per heavy atom. The molecule has 122 valence electrons. The Labute approximate surface area is 145 Å². The number of rotatable bonds is 3. The van der Waals surface area contributed by atoms with Crippen LogP contribution in [0.4, 0.5) is 10.8 Å². The lowest BCUT2D eigenvalue weighted by atomic mass is 10.0. The molecule has 0 aliphatic carbocycles. The monoisotopic (exact) mass is 338 g/mol. The van der Waals surface area contributed by atoms with E-state index >= 15 is 0 Å². The van der Waals surface area contributed by atoms with E-state index in [-0.39, 0.29) is 11.5 Å². The topological polar surface area (TPSA) is 69.0 Å². The molecule has 6 heteroatoms. The van der Waals surface area contributed by atoms with Crippen LogP contribution in [0.1, 0.15) is 22.6 Å². The number of para-hydroxylation sites is 1. The van der Waals surface area contributed by atoms with Crippen LogP contribution in [0.3, 0.4) is 0 Å². The standard InChI is InChI=1S/C18H18N4OS/c1-12-13(2)24-18(21-12)20-11-15(10-19)17(23)22-9-5-7-14-6-3-4-8-16(14)22/h3-4,6,8,11H,5,7,9H2,1-2H3,(H,20,21)/b15-11-. The number of hydrogen-bond donors (Lipinski definition) is 1. The van der Waals surface area contributed by atoms with E-state index in [2.05, 4.69) is 10.3 Å². The highest BCUT2D eigenvalue weighted by atomic mass is 32.1. The van der Waals surface area contributed by atoms with E-state index in [0.29, 0.717) is 11.7 Å². The number of fused-ring (bicyclic) bond motifs is 1. The second-order valence-electron chi connectivity index (χ2n) is 5.66. The zero-order valence-electron chi connectivity index (χ0n) is 13.7. The van der Waals surface area contributed by atoms with E-state index < -0.39 is 0 Å². The number of nitrogens with one attached hydrogen (secondary N) is 1. The van der Waals surface area contributed by atoms with Crippen LogP contribution in [0.15, 0.2) is 36.0 Å². The minimum absolute atomic E-state index is 0.0807. The Balaban J connectivity index is 1.82. The summed E-state index contributed by atoms with van der Waals surface area (Å²) in [5.41, 5.74) is 3.08. The number of carbonyl (C=O) groups is 1. The fourth-order valence-corrected chi connectivity index (χ4v) is 3.48. The fourth-order valence-electron chi connectivity index (χ4n) is 2.70. The molecule has 0 fully saturated rings. The van der Waals surface area contributed by atoms with Crippen LogP contribution in [0.25, 0.3) is 0 Å². The van der Waals surface area contributed by atoms with Gasteiger partial charge in [0, 0.05) is 23.3 Å². The maximum atomic E-state index is 12.8. The molecule has 0 atom stereocenters. The van der Waals surface area contributed by atoms with Crippen molar-refractivity contribution in [2.45, 2.75) is 26.7 Å². The molecule has 2 heterocycles. The average molecular weight is 338 g/mol. The van der Waals surface area contributed by atoms with Crippen molar-refractivity contribution in [2.24, 2.45) is 0 Å². The number of aryl methyl sites for hydroxylation is 3. The summed E-state index contributed by atoms with van der Waals surface area (Å²) in [5, 5.41) is 13.1. The van der Waals surface area contributed by atoms with Crippen molar-refractivity contribution in [1.29, 1.82) is 5.26 Å². The number of aromatic nitrogens is 1. The third-order valence-corrected chi connectivity index (χ3v) is 5.08. The van der Waals surface area contributed by atoms with Crippen molar-refractivity contribution in [3.05, 3.63) is 52.2 Å². The van der Waals surface area contributed by atoms with Gasteiger partial charge in [0.1, 0.15) is 11.6 Å². The van der Waals surface area contributed by atoms with E-state index in [1.54, 1.807) is 4.90 Å². The first-order chi connectivity index (χ1) is 11.6. The molecule has 0 saturated carbocycles. The minimum Gasteiger partial charge on any atom is -0.337 e. The molecule has 1 aromatic heterocycles. The Hall–Kier alpha value is -2.65. The van der Waals surface area contributed by atoms with Crippen molar-refractivity contribution in [1.82, 2.24) is 4.98 Å². The molecule has 2 aromatic rings. The van der Waals surface area contributed by atoms with E-state index in [1.165, 1.54) is 17.5 Å². The molecule has 1 aromatic carbocycles. The molecule has 5 nitrogen and oxygen atoms in total. The Morgan fingerprint density at radius 3 is 2.92 bits per heavy atom. The predicted molar refractivity (Wildman–Crippen MR) is 96.0 cm³/mol. The van der Waals surface area contributed by atoms with Gasteiger partial charge in [0.05, 0.1) is 5.69 Å². The molecule has 0 spiro atoms. The van der Waals surface area contributed by atoms with Gasteiger partial charge in [0.2, 0.25) is 0 Å². The number of anilines is 2. The van der Waals surface area contributed by atoms with Crippen LogP contribution >= 0.6 is 11.3 Å². The van der Waals surface area contributed by atoms with Gasteiger partial charge in [0.25, 0.3) is 5.91 Å². The van der Waals surface area contributed by atoms with Crippen LogP contribution < -0.4 is 10.2 Å². The van der Waals surface area contributed by atoms with Gasteiger partial charge in [-0.05, 0) is 38.3 Å². The Bertz CT molecular complexity index is 827. The van der Waals surface area contributed by atoms with Gasteiger partial charge in [-0.25, -0.2) is 4.98 Å². The number of nitrogens with zero attached hydrogens (tertiary/aromatic N) is 3. The first kappa shape index (κ1) is 16.2. The van der Waals surface area contributed by atoms with Crippen LogP contribution in [-0.2, 0) is 11.2 Å². The van der Waals surface area contributed by atoms with Crippen LogP contribution in [-0.4, -0.2) is 17.4 Å². The summed E-state index contributed by atoms with van der Waals surface area (Å²) in [7, 11) is 0. The SMILES string of the molecule is Cc1nc(N/C=C(/C#N)C(=O)N2CCCc3ccccc32)sc1C. The molecule has 3 rings (SSSR count). The van der Waals surface area contributed by atoms with Gasteiger partial charge in [-0.1, -0.05) is 18.2 Å². The third-order valence-electron chi connectivity index (χ3n) is 4.07. The lowest BCUT2D eigenvalue weighted by molar-refractivity contribution is -0.114. The summed E-state index contributed by atoms with van der Waals surface area (Å²) in [6, 6.07) is 9.86. The molecular weight excluding hydrogens is 320 g/mol. The van der Waals surface area contributed by atoms with E-state index in [4.69, 9.17) is 0 Å². The number of amides is 1. The highest BCUT2D eigenvalue weighted by Gasteiger charge is 2.24. The summed E-state index contributed by atoms with van der Waals surface area (Å²) >= 11 is 1.50. The second kappa shape index (κ2) is 6.85. The van der Waals surface area contributed by atoms with Crippen molar-refractivity contribution >= 4 is 28.1 Å². The second-order valence-corrected chi connectivity index (χ2v) is 6.87. The van der Waals surface area contributed by atoms with Crippen LogP contribution in [0.5, 0.6) is 0 Å². The van der Waals surface area contributed by atoms with Crippen molar-refractivity contribution in [3.63, 3.8) is 0 Å². The van der Waals surface area contributed by atoms with E-state index in [1.807, 2.05) is 44.2 Å². The fraction of sp³-hybridized carbons (Fsp3) is 0.278. The molecule has 24 heavy (non-hydrogen) atoms. The Morgan fingerprint density at radius 2 is 2.21 bits per heavy atom. The first-order valence-corrected chi connectivity index (χ1v) is 8.62. The molecule has 1 aliphatic rings. The highest BCUT2D eigenvalue weighted by molar-refractivity contribution is 7.15. The molecular formula is C18H18N4OS. The minimum atomic E-state index is -0.276. The van der Waals surface area contributed by atoms with Gasteiger partial charge in [-0.2, -0.15) is 5.26 Å². The number of carbonyl (C=O) groups excluding carboxylic acids is 1. The first-order valence-electron chi connectivity index (χ1n) is 7.80.